The van der Waals surface area contributed by atoms with E-state index < -0.39 is 0 Å². The van der Waals surface area contributed by atoms with Crippen LogP contribution < -0.4 is 0 Å². The fourth-order valence-corrected chi connectivity index (χ4v) is 0.977. The van der Waals surface area contributed by atoms with E-state index in [1.165, 1.54) is 13.2 Å². The molecule has 0 bridgehead atoms. The molecule has 0 spiro atoms. The quantitative estimate of drug-likeness (QED) is 0.317. The smallest absolute Gasteiger partial charge is 0.184 e. The number of aldehydes is 1. The molecule has 0 heterocycles. The fraction of sp³-hybridized carbons (Fsp3) is 0.100. The third-order valence-electron chi connectivity index (χ3n) is 1.64. The summed E-state index contributed by atoms with van der Waals surface area (Å²) >= 11 is 0. The predicted molar refractivity (Wildman–Crippen MR) is 52.9 cm³/mol. The summed E-state index contributed by atoms with van der Waals surface area (Å²) in [6.45, 7) is 0. The topological polar surface area (TPSA) is 55.7 Å². The summed E-state index contributed by atoms with van der Waals surface area (Å²) in [7, 11) is 1.40. The molecule has 0 radical (unpaired) electrons. The Bertz CT molecular complexity index is 371. The summed E-state index contributed by atoms with van der Waals surface area (Å²) in [5, 5.41) is 2.78. The van der Waals surface area contributed by atoms with Crippen molar-refractivity contribution < 1.29 is 9.53 Å². The molecular formula is C10H9NO3. The molecule has 14 heavy (non-hydrogen) atoms. The Hall–Kier alpha value is -1.97. The zero-order valence-corrected chi connectivity index (χ0v) is 7.64. The molecule has 0 N–H and O–H groups in total. The zero-order valence-electron chi connectivity index (χ0n) is 7.64. The van der Waals surface area contributed by atoms with E-state index in [2.05, 4.69) is 5.18 Å². The average molecular weight is 191 g/mol. The highest BCUT2D eigenvalue weighted by molar-refractivity contribution is 5.79. The average Bonchev–Trinajstić information content (AvgIpc) is 2.26. The van der Waals surface area contributed by atoms with E-state index in [0.29, 0.717) is 17.5 Å². The molecule has 4 nitrogen and oxygen atoms in total. The first kappa shape index (κ1) is 10.1. The summed E-state index contributed by atoms with van der Waals surface area (Å²) in [6, 6.07) is 6.57. The summed E-state index contributed by atoms with van der Waals surface area (Å²) in [5.41, 5.74) is 1.02. The lowest BCUT2D eigenvalue weighted by Crippen LogP contribution is -1.86. The maximum atomic E-state index is 10.4. The van der Waals surface area contributed by atoms with Gasteiger partial charge in [-0.25, -0.2) is 0 Å². The molecule has 0 fully saturated rings. The molecule has 0 aromatic heterocycles. The van der Waals surface area contributed by atoms with Gasteiger partial charge in [0.1, 0.15) is 5.69 Å². The van der Waals surface area contributed by atoms with Gasteiger partial charge in [-0.3, -0.25) is 4.79 Å². The first-order valence-corrected chi connectivity index (χ1v) is 3.94. The van der Waals surface area contributed by atoms with Crippen molar-refractivity contribution in [3.63, 3.8) is 0 Å². The molecule has 1 rings (SSSR count). The van der Waals surface area contributed by atoms with Crippen molar-refractivity contribution in [1.82, 2.24) is 0 Å². The Kier molecular flexibility index (Phi) is 3.55. The van der Waals surface area contributed by atoms with Gasteiger partial charge in [0.05, 0.1) is 7.11 Å². The van der Waals surface area contributed by atoms with Gasteiger partial charge >= 0.3 is 0 Å². The minimum absolute atomic E-state index is 0.202. The molecule has 0 aliphatic carbocycles. The van der Waals surface area contributed by atoms with Crippen molar-refractivity contribution in [3.05, 3.63) is 40.5 Å². The monoisotopic (exact) mass is 191 g/mol. The first-order valence-electron chi connectivity index (χ1n) is 3.94. The van der Waals surface area contributed by atoms with E-state index in [4.69, 9.17) is 4.74 Å². The lowest BCUT2D eigenvalue weighted by Gasteiger charge is -1.97. The molecule has 0 amide bonds. The molecule has 0 aliphatic rings. The Balaban J connectivity index is 3.01. The number of methoxy groups -OCH3 is 1. The summed E-state index contributed by atoms with van der Waals surface area (Å²) in [6.07, 6.45) is 2.13. The summed E-state index contributed by atoms with van der Waals surface area (Å²) in [5.74, 6) is 0.202. The molecule has 0 unspecified atom stereocenters. The molecule has 0 atom stereocenters. The molecule has 4 heteroatoms. The van der Waals surface area contributed by atoms with Gasteiger partial charge in [0.2, 0.25) is 0 Å². The van der Waals surface area contributed by atoms with Gasteiger partial charge in [-0.1, -0.05) is 12.1 Å². The maximum Gasteiger partial charge on any atom is 0.184 e. The molecule has 0 aliphatic heterocycles. The number of hydrogen-bond acceptors (Lipinski definition) is 4. The Morgan fingerprint density at radius 1 is 1.50 bits per heavy atom. The van der Waals surface area contributed by atoms with Gasteiger partial charge in [0.25, 0.3) is 0 Å². The van der Waals surface area contributed by atoms with Crippen LogP contribution in [0.1, 0.15) is 5.56 Å². The molecular weight excluding hydrogens is 182 g/mol. The van der Waals surface area contributed by atoms with E-state index in [9.17, 15) is 9.70 Å². The van der Waals surface area contributed by atoms with Crippen LogP contribution in [-0.4, -0.2) is 13.4 Å². The van der Waals surface area contributed by atoms with Crippen molar-refractivity contribution in [3.8, 4) is 0 Å². The number of ether oxygens (including phenoxy) is 1. The van der Waals surface area contributed by atoms with Crippen molar-refractivity contribution >= 4 is 18.0 Å². The standard InChI is InChI=1S/C10H9NO3/c1-14-10(7-12)6-8-3-2-4-9(5-8)11-13/h2-7H,1H3/b10-6-. The van der Waals surface area contributed by atoms with Crippen molar-refractivity contribution in [2.45, 2.75) is 0 Å². The fourth-order valence-electron chi connectivity index (χ4n) is 0.977. The number of hydrogen-bond donors (Lipinski definition) is 0. The van der Waals surface area contributed by atoms with Crippen LogP contribution >= 0.6 is 0 Å². The molecule has 0 saturated carbocycles. The van der Waals surface area contributed by atoms with Crippen molar-refractivity contribution in [1.29, 1.82) is 0 Å². The number of benzene rings is 1. The van der Waals surface area contributed by atoms with Crippen LogP contribution in [0.4, 0.5) is 5.69 Å². The van der Waals surface area contributed by atoms with Gasteiger partial charge < -0.3 is 4.74 Å². The summed E-state index contributed by atoms with van der Waals surface area (Å²) < 4.78 is 4.76. The highest BCUT2D eigenvalue weighted by Gasteiger charge is 1.96. The molecule has 1 aromatic carbocycles. The minimum atomic E-state index is 0.202. The summed E-state index contributed by atoms with van der Waals surface area (Å²) in [4.78, 5) is 20.6. The number of nitrogens with zero attached hydrogens (tertiary/aromatic N) is 1. The molecule has 72 valence electrons. The Morgan fingerprint density at radius 2 is 2.29 bits per heavy atom. The highest BCUT2D eigenvalue weighted by atomic mass is 16.5. The third kappa shape index (κ3) is 2.52. The van der Waals surface area contributed by atoms with E-state index in [1.54, 1.807) is 24.3 Å². The van der Waals surface area contributed by atoms with Crippen LogP contribution in [0.3, 0.4) is 0 Å². The molecule has 1 aromatic rings. The number of nitroso groups, excluding NO2 is 1. The number of allylic oxidation sites excluding steroid dienone is 1. The third-order valence-corrected chi connectivity index (χ3v) is 1.64. The largest absolute Gasteiger partial charge is 0.493 e. The van der Waals surface area contributed by atoms with Gasteiger partial charge in [-0.2, -0.15) is 0 Å². The SMILES string of the molecule is CO/C(C=O)=C\c1cccc(N=O)c1. The maximum absolute atomic E-state index is 10.4. The number of carbonyl (C=O) groups is 1. The van der Waals surface area contributed by atoms with Gasteiger partial charge in [0.15, 0.2) is 12.0 Å². The number of carbonyl (C=O) groups excluding carboxylic acids is 1. The second-order valence-electron chi connectivity index (χ2n) is 2.55. The van der Waals surface area contributed by atoms with Gasteiger partial charge in [0, 0.05) is 0 Å². The van der Waals surface area contributed by atoms with Crippen molar-refractivity contribution in [2.75, 3.05) is 7.11 Å². The van der Waals surface area contributed by atoms with Crippen molar-refractivity contribution in [2.24, 2.45) is 5.18 Å². The van der Waals surface area contributed by atoms with Crippen LogP contribution in [0.2, 0.25) is 0 Å². The lowest BCUT2D eigenvalue weighted by molar-refractivity contribution is -0.107. The van der Waals surface area contributed by atoms with Crippen LogP contribution in [-0.2, 0) is 9.53 Å². The van der Waals surface area contributed by atoms with Crippen LogP contribution in [0.5, 0.6) is 0 Å². The minimum Gasteiger partial charge on any atom is -0.493 e. The van der Waals surface area contributed by atoms with E-state index in [0.717, 1.165) is 0 Å². The Labute approximate surface area is 81.2 Å². The van der Waals surface area contributed by atoms with Gasteiger partial charge in [-0.05, 0) is 28.9 Å². The van der Waals surface area contributed by atoms with Crippen LogP contribution in [0, 0.1) is 4.91 Å². The Morgan fingerprint density at radius 3 is 2.86 bits per heavy atom. The zero-order chi connectivity index (χ0) is 10.4. The van der Waals surface area contributed by atoms with Gasteiger partial charge in [-0.15, -0.1) is 4.91 Å². The number of rotatable bonds is 4. The first-order chi connectivity index (χ1) is 6.80. The second-order valence-corrected chi connectivity index (χ2v) is 2.55. The van der Waals surface area contributed by atoms with E-state index in [-0.39, 0.29) is 5.76 Å². The highest BCUT2D eigenvalue weighted by Crippen LogP contribution is 2.15. The second kappa shape index (κ2) is 4.91. The lowest BCUT2D eigenvalue weighted by atomic mass is 10.2. The van der Waals surface area contributed by atoms with E-state index in [1.807, 2.05) is 0 Å². The van der Waals surface area contributed by atoms with E-state index >= 15 is 0 Å². The predicted octanol–water partition coefficient (Wildman–Crippen LogP) is 2.27. The molecule has 0 saturated heterocycles. The van der Waals surface area contributed by atoms with Crippen LogP contribution in [0.25, 0.3) is 6.08 Å². The normalized spacial score (nSPS) is 10.8. The van der Waals surface area contributed by atoms with Crippen LogP contribution in [0.15, 0.2) is 35.2 Å².